The van der Waals surface area contributed by atoms with Crippen LogP contribution in [0.3, 0.4) is 0 Å². The highest BCUT2D eigenvalue weighted by molar-refractivity contribution is 7.88. The van der Waals surface area contributed by atoms with E-state index in [0.29, 0.717) is 45.0 Å². The van der Waals surface area contributed by atoms with E-state index in [1.165, 1.54) is 6.26 Å². The summed E-state index contributed by atoms with van der Waals surface area (Å²) in [6, 6.07) is 10.1. The van der Waals surface area contributed by atoms with E-state index >= 15 is 0 Å². The van der Waals surface area contributed by atoms with Crippen LogP contribution in [-0.2, 0) is 14.8 Å². The van der Waals surface area contributed by atoms with Crippen molar-refractivity contribution >= 4 is 26.9 Å². The molecule has 2 aliphatic rings. The molecule has 5 rings (SSSR count). The summed E-state index contributed by atoms with van der Waals surface area (Å²) >= 11 is 0. The third kappa shape index (κ3) is 4.02. The van der Waals surface area contributed by atoms with Crippen LogP contribution in [0.2, 0.25) is 0 Å². The van der Waals surface area contributed by atoms with Gasteiger partial charge < -0.3 is 9.64 Å². The number of hydrogen-bond acceptors (Lipinski definition) is 7. The molecule has 31 heavy (non-hydrogen) atoms. The van der Waals surface area contributed by atoms with Gasteiger partial charge in [0.05, 0.1) is 37.1 Å². The average molecular weight is 443 g/mol. The van der Waals surface area contributed by atoms with Gasteiger partial charge in [0.15, 0.2) is 11.5 Å². The van der Waals surface area contributed by atoms with Gasteiger partial charge in [0.2, 0.25) is 10.0 Å². The lowest BCUT2D eigenvalue weighted by atomic mass is 10.1. The lowest BCUT2D eigenvalue weighted by Gasteiger charge is -2.31. The summed E-state index contributed by atoms with van der Waals surface area (Å²) in [5, 5.41) is 5.61. The molecule has 2 aromatic heterocycles. The smallest absolute Gasteiger partial charge is 0.211 e. The third-order valence-corrected chi connectivity index (χ3v) is 7.32. The molecule has 0 radical (unpaired) electrons. The lowest BCUT2D eigenvalue weighted by molar-refractivity contribution is 0.122. The largest absolute Gasteiger partial charge is 0.378 e. The van der Waals surface area contributed by atoms with Gasteiger partial charge in [-0.2, -0.15) is 5.10 Å². The number of sulfonamides is 1. The van der Waals surface area contributed by atoms with Crippen molar-refractivity contribution in [1.29, 1.82) is 0 Å². The molecular weight excluding hydrogens is 416 g/mol. The Bertz CT molecular complexity index is 1170. The minimum absolute atomic E-state index is 0.103. The van der Waals surface area contributed by atoms with Gasteiger partial charge in [-0.15, -0.1) is 0 Å². The van der Waals surface area contributed by atoms with E-state index in [1.807, 2.05) is 41.2 Å². The van der Waals surface area contributed by atoms with Crippen molar-refractivity contribution in [3.63, 3.8) is 0 Å². The first-order valence-electron chi connectivity index (χ1n) is 10.6. The number of aromatic nitrogens is 4. The van der Waals surface area contributed by atoms with Crippen LogP contribution in [-0.4, -0.2) is 78.1 Å². The van der Waals surface area contributed by atoms with Gasteiger partial charge in [0.25, 0.3) is 0 Å². The van der Waals surface area contributed by atoms with Crippen LogP contribution in [0.15, 0.2) is 36.5 Å². The summed E-state index contributed by atoms with van der Waals surface area (Å²) in [7, 11) is -3.17. The quantitative estimate of drug-likeness (QED) is 0.609. The maximum atomic E-state index is 11.9. The predicted octanol–water partition coefficient (Wildman–Crippen LogP) is 1.93. The van der Waals surface area contributed by atoms with Crippen LogP contribution in [0.25, 0.3) is 22.4 Å². The van der Waals surface area contributed by atoms with Crippen molar-refractivity contribution in [3.8, 4) is 11.4 Å². The molecule has 2 saturated heterocycles. The number of morpholine rings is 1. The molecule has 2 aliphatic heterocycles. The first-order chi connectivity index (χ1) is 15.0. The first-order valence-corrected chi connectivity index (χ1v) is 12.4. The molecule has 0 unspecified atom stereocenters. The molecule has 0 saturated carbocycles. The molecule has 0 spiro atoms. The SMILES string of the molecule is CS(=O)(=O)N1CCC(n2ncc3c(N4CCOCC4)nc(-c4ccccc4)nc32)CC1. The second-order valence-corrected chi connectivity index (χ2v) is 10.0. The molecule has 0 bridgehead atoms. The van der Waals surface area contributed by atoms with Crippen LogP contribution in [0.1, 0.15) is 18.9 Å². The summed E-state index contributed by atoms with van der Waals surface area (Å²) in [6.07, 6.45) is 4.53. The van der Waals surface area contributed by atoms with E-state index < -0.39 is 10.0 Å². The van der Waals surface area contributed by atoms with Gasteiger partial charge in [-0.25, -0.2) is 27.4 Å². The zero-order valence-corrected chi connectivity index (χ0v) is 18.3. The highest BCUT2D eigenvalue weighted by Gasteiger charge is 2.29. The fourth-order valence-corrected chi connectivity index (χ4v) is 5.20. The second-order valence-electron chi connectivity index (χ2n) is 8.06. The highest BCUT2D eigenvalue weighted by atomic mass is 32.2. The molecule has 0 amide bonds. The lowest BCUT2D eigenvalue weighted by Crippen LogP contribution is -2.38. The van der Waals surface area contributed by atoms with Crippen molar-refractivity contribution in [2.75, 3.05) is 50.5 Å². The van der Waals surface area contributed by atoms with Crippen LogP contribution in [0.4, 0.5) is 5.82 Å². The van der Waals surface area contributed by atoms with E-state index in [0.717, 1.165) is 35.5 Å². The van der Waals surface area contributed by atoms with Gasteiger partial charge in [-0.3, -0.25) is 0 Å². The Balaban J connectivity index is 1.56. The van der Waals surface area contributed by atoms with Crippen LogP contribution in [0.5, 0.6) is 0 Å². The Morgan fingerprint density at radius 3 is 2.39 bits per heavy atom. The number of hydrogen-bond donors (Lipinski definition) is 0. The van der Waals surface area contributed by atoms with Gasteiger partial charge >= 0.3 is 0 Å². The topological polar surface area (TPSA) is 93.5 Å². The van der Waals surface area contributed by atoms with E-state index in [1.54, 1.807) is 4.31 Å². The molecule has 0 aliphatic carbocycles. The molecule has 2 fully saturated rings. The van der Waals surface area contributed by atoms with E-state index in [-0.39, 0.29) is 6.04 Å². The van der Waals surface area contributed by atoms with E-state index in [4.69, 9.17) is 14.7 Å². The Kier molecular flexibility index (Phi) is 5.37. The summed E-state index contributed by atoms with van der Waals surface area (Å²) in [5.74, 6) is 1.55. The Morgan fingerprint density at radius 1 is 1.00 bits per heavy atom. The van der Waals surface area contributed by atoms with Gasteiger partial charge in [-0.1, -0.05) is 30.3 Å². The number of piperidine rings is 1. The minimum atomic E-state index is -3.17. The maximum Gasteiger partial charge on any atom is 0.211 e. The van der Waals surface area contributed by atoms with Crippen molar-refractivity contribution in [1.82, 2.24) is 24.1 Å². The number of fused-ring (bicyclic) bond motifs is 1. The number of benzene rings is 1. The Hall–Kier alpha value is -2.56. The second kappa shape index (κ2) is 8.18. The monoisotopic (exact) mass is 442 g/mol. The van der Waals surface area contributed by atoms with Gasteiger partial charge in [0.1, 0.15) is 5.82 Å². The molecular formula is C21H26N6O3S. The van der Waals surface area contributed by atoms with Gasteiger partial charge in [-0.05, 0) is 12.8 Å². The zero-order chi connectivity index (χ0) is 21.4. The summed E-state index contributed by atoms with van der Waals surface area (Å²) < 4.78 is 32.8. The fourth-order valence-electron chi connectivity index (χ4n) is 4.33. The molecule has 0 N–H and O–H groups in total. The number of rotatable bonds is 4. The first kappa shape index (κ1) is 20.3. The normalized spacial score (nSPS) is 19.2. The van der Waals surface area contributed by atoms with E-state index in [2.05, 4.69) is 10.00 Å². The molecule has 0 atom stereocenters. The van der Waals surface area contributed by atoms with Crippen molar-refractivity contribution in [3.05, 3.63) is 36.5 Å². The molecule has 10 heteroatoms. The zero-order valence-electron chi connectivity index (χ0n) is 17.5. The summed E-state index contributed by atoms with van der Waals surface area (Å²) in [4.78, 5) is 12.1. The fraction of sp³-hybridized carbons (Fsp3) is 0.476. The number of anilines is 1. The Morgan fingerprint density at radius 2 is 1.71 bits per heavy atom. The van der Waals surface area contributed by atoms with Crippen LogP contribution < -0.4 is 4.90 Å². The number of ether oxygens (including phenoxy) is 1. The predicted molar refractivity (Wildman–Crippen MR) is 118 cm³/mol. The highest BCUT2D eigenvalue weighted by Crippen LogP contribution is 2.32. The molecule has 164 valence electrons. The van der Waals surface area contributed by atoms with Crippen LogP contribution in [0, 0.1) is 0 Å². The average Bonchev–Trinajstić information content (AvgIpc) is 3.23. The number of nitrogens with zero attached hydrogens (tertiary/aromatic N) is 6. The van der Waals surface area contributed by atoms with Crippen molar-refractivity contribution in [2.45, 2.75) is 18.9 Å². The summed E-state index contributed by atoms with van der Waals surface area (Å²) in [5.41, 5.74) is 1.76. The van der Waals surface area contributed by atoms with E-state index in [9.17, 15) is 8.42 Å². The standard InChI is InChI=1S/C21H26N6O3S/c1-31(28,29)26-9-7-17(8-10-26)27-21-18(15-22-27)20(25-11-13-30-14-12-25)23-19(24-21)16-5-3-2-4-6-16/h2-6,15,17H,7-14H2,1H3. The van der Waals surface area contributed by atoms with Crippen molar-refractivity contribution in [2.24, 2.45) is 0 Å². The molecule has 9 nitrogen and oxygen atoms in total. The maximum absolute atomic E-state index is 11.9. The van der Waals surface area contributed by atoms with Gasteiger partial charge in [0, 0.05) is 31.7 Å². The van der Waals surface area contributed by atoms with Crippen molar-refractivity contribution < 1.29 is 13.2 Å². The molecule has 1 aromatic carbocycles. The third-order valence-electron chi connectivity index (χ3n) is 6.01. The molecule has 4 heterocycles. The Labute approximate surface area is 181 Å². The minimum Gasteiger partial charge on any atom is -0.378 e. The molecule has 3 aromatic rings. The summed E-state index contributed by atoms with van der Waals surface area (Å²) in [6.45, 7) is 3.89. The van der Waals surface area contributed by atoms with Crippen LogP contribution >= 0.6 is 0 Å².